The summed E-state index contributed by atoms with van der Waals surface area (Å²) in [6.45, 7) is 0. The van der Waals surface area contributed by atoms with E-state index in [0.29, 0.717) is 5.65 Å². The molecule has 13 heavy (non-hydrogen) atoms. The molecule has 0 fully saturated rings. The van der Waals surface area contributed by atoms with E-state index in [1.54, 1.807) is 12.4 Å². The van der Waals surface area contributed by atoms with Crippen LogP contribution in [0.15, 0.2) is 18.5 Å². The molecule has 0 atom stereocenters. The summed E-state index contributed by atoms with van der Waals surface area (Å²) in [7, 11) is 1.87. The zero-order chi connectivity index (χ0) is 9.42. The summed E-state index contributed by atoms with van der Waals surface area (Å²) in [5.74, 6) is -1.04. The lowest BCUT2D eigenvalue weighted by atomic mass is 10.0. The quantitative estimate of drug-likeness (QED) is 0.546. The largest absolute Gasteiger partial charge is 0.476 e. The zero-order valence-corrected chi connectivity index (χ0v) is 6.93. The van der Waals surface area contributed by atoms with Gasteiger partial charge in [0.15, 0.2) is 11.3 Å². The highest BCUT2D eigenvalue weighted by atomic mass is 16.4. The van der Waals surface area contributed by atoms with Gasteiger partial charge in [-0.25, -0.2) is 14.3 Å². The van der Waals surface area contributed by atoms with E-state index >= 15 is 0 Å². The molecular formula is C7H6BN3O2. The van der Waals surface area contributed by atoms with Crippen molar-refractivity contribution in [3.63, 3.8) is 0 Å². The van der Waals surface area contributed by atoms with Crippen molar-refractivity contribution in [2.24, 2.45) is 0 Å². The monoisotopic (exact) mass is 175 g/mol. The minimum Gasteiger partial charge on any atom is -0.476 e. The van der Waals surface area contributed by atoms with Gasteiger partial charge in [0.1, 0.15) is 7.85 Å². The van der Waals surface area contributed by atoms with E-state index in [4.69, 9.17) is 5.11 Å². The third-order valence-electron chi connectivity index (χ3n) is 1.66. The van der Waals surface area contributed by atoms with E-state index in [-0.39, 0.29) is 5.69 Å². The molecule has 0 aliphatic heterocycles. The van der Waals surface area contributed by atoms with E-state index in [2.05, 4.69) is 10.1 Å². The first-order valence-electron chi connectivity index (χ1n) is 3.72. The molecular weight excluding hydrogens is 169 g/mol. The van der Waals surface area contributed by atoms with Crippen molar-refractivity contribution in [3.05, 3.63) is 24.2 Å². The number of nitrogens with zero attached hydrogens (tertiary/aromatic N) is 3. The number of rotatable bonds is 1. The molecule has 6 heteroatoms. The Kier molecular flexibility index (Phi) is 1.55. The first-order valence-corrected chi connectivity index (χ1v) is 3.72. The summed E-state index contributed by atoms with van der Waals surface area (Å²) in [4.78, 5) is 14.6. The first kappa shape index (κ1) is 7.79. The zero-order valence-electron chi connectivity index (χ0n) is 6.93. The van der Waals surface area contributed by atoms with Gasteiger partial charge in [0.2, 0.25) is 0 Å². The smallest absolute Gasteiger partial charge is 0.356 e. The molecule has 2 rings (SSSR count). The van der Waals surface area contributed by atoms with Crippen LogP contribution in [0.2, 0.25) is 0 Å². The van der Waals surface area contributed by atoms with E-state index in [1.807, 2.05) is 7.85 Å². The van der Waals surface area contributed by atoms with Crippen LogP contribution in [-0.2, 0) is 0 Å². The van der Waals surface area contributed by atoms with Crippen LogP contribution in [0.25, 0.3) is 5.65 Å². The van der Waals surface area contributed by atoms with Gasteiger partial charge in [-0.15, -0.1) is 0 Å². The topological polar surface area (TPSA) is 67.5 Å². The normalized spacial score (nSPS) is 10.5. The van der Waals surface area contributed by atoms with Gasteiger partial charge in [-0.3, -0.25) is 0 Å². The maximum absolute atomic E-state index is 10.6. The van der Waals surface area contributed by atoms with Crippen LogP contribution in [0.1, 0.15) is 10.5 Å². The number of carboxylic acid groups (broad SMARTS) is 1. The fourth-order valence-electron chi connectivity index (χ4n) is 1.07. The summed E-state index contributed by atoms with van der Waals surface area (Å²) in [6.07, 6.45) is 3.40. The Labute approximate surface area is 74.4 Å². The second-order valence-corrected chi connectivity index (χ2v) is 2.77. The third kappa shape index (κ3) is 1.26. The number of fused-ring (bicyclic) bond motifs is 1. The molecule has 1 N–H and O–H groups in total. The standard InChI is InChI=1S/C7H6BN3O2/c8-4-2-9-6-1-5(7(12)13)10-11(6)3-4/h1-3H,8H2,(H,12,13). The van der Waals surface area contributed by atoms with Crippen LogP contribution < -0.4 is 5.46 Å². The molecule has 0 radical (unpaired) electrons. The first-order chi connectivity index (χ1) is 6.16. The molecule has 64 valence electrons. The van der Waals surface area contributed by atoms with Crippen LogP contribution in [0.5, 0.6) is 0 Å². The molecule has 2 aromatic rings. The average molecular weight is 175 g/mol. The van der Waals surface area contributed by atoms with Crippen LogP contribution in [0.3, 0.4) is 0 Å². The molecule has 0 saturated carbocycles. The summed E-state index contributed by atoms with van der Waals surface area (Å²) < 4.78 is 1.46. The van der Waals surface area contributed by atoms with E-state index in [1.165, 1.54) is 10.6 Å². The van der Waals surface area contributed by atoms with Crippen LogP contribution >= 0.6 is 0 Å². The number of carboxylic acids is 1. The number of carbonyl (C=O) groups is 1. The predicted molar refractivity (Wildman–Crippen MR) is 48.1 cm³/mol. The minimum atomic E-state index is -1.04. The second-order valence-electron chi connectivity index (χ2n) is 2.77. The molecule has 2 heterocycles. The summed E-state index contributed by atoms with van der Waals surface area (Å²) in [5, 5.41) is 12.5. The predicted octanol–water partition coefficient (Wildman–Crippen LogP) is -1.31. The Hall–Kier alpha value is -1.85. The van der Waals surface area contributed by atoms with Crippen molar-refractivity contribution >= 4 is 24.9 Å². The second kappa shape index (κ2) is 2.58. The number of aromatic nitrogens is 3. The number of hydrogen-bond acceptors (Lipinski definition) is 3. The van der Waals surface area contributed by atoms with Gasteiger partial charge in [-0.1, -0.05) is 5.46 Å². The van der Waals surface area contributed by atoms with Crippen molar-refractivity contribution in [1.29, 1.82) is 0 Å². The summed E-state index contributed by atoms with van der Waals surface area (Å²) in [6, 6.07) is 1.43. The van der Waals surface area contributed by atoms with Crippen LogP contribution in [-0.4, -0.2) is 33.5 Å². The molecule has 2 aromatic heterocycles. The number of hydrogen-bond donors (Lipinski definition) is 1. The van der Waals surface area contributed by atoms with Crippen molar-refractivity contribution in [1.82, 2.24) is 14.6 Å². The van der Waals surface area contributed by atoms with Gasteiger partial charge in [0, 0.05) is 18.5 Å². The van der Waals surface area contributed by atoms with Gasteiger partial charge in [0.25, 0.3) is 0 Å². The Morgan fingerprint density at radius 2 is 2.38 bits per heavy atom. The number of aromatic carboxylic acids is 1. The molecule has 0 aromatic carbocycles. The van der Waals surface area contributed by atoms with Crippen LogP contribution in [0.4, 0.5) is 0 Å². The van der Waals surface area contributed by atoms with Crippen LogP contribution in [0, 0.1) is 0 Å². The van der Waals surface area contributed by atoms with Crippen molar-refractivity contribution in [3.8, 4) is 0 Å². The summed E-state index contributed by atoms with van der Waals surface area (Å²) >= 11 is 0. The van der Waals surface area contributed by atoms with Crippen molar-refractivity contribution in [2.45, 2.75) is 0 Å². The lowest BCUT2D eigenvalue weighted by molar-refractivity contribution is 0.0690. The van der Waals surface area contributed by atoms with Gasteiger partial charge >= 0.3 is 5.97 Å². The lowest BCUT2D eigenvalue weighted by Gasteiger charge is -1.92. The Bertz CT molecular complexity index is 480. The molecule has 0 aliphatic carbocycles. The van der Waals surface area contributed by atoms with Gasteiger partial charge in [-0.05, 0) is 0 Å². The minimum absolute atomic E-state index is 0.0121. The molecule has 0 bridgehead atoms. The summed E-state index contributed by atoms with van der Waals surface area (Å²) in [5.41, 5.74) is 1.49. The maximum atomic E-state index is 10.6. The van der Waals surface area contributed by atoms with Gasteiger partial charge in [-0.2, -0.15) is 5.10 Å². The SMILES string of the molecule is Bc1cnc2cc(C(=O)O)nn2c1. The maximum Gasteiger partial charge on any atom is 0.356 e. The highest BCUT2D eigenvalue weighted by molar-refractivity contribution is 6.31. The molecule has 0 aliphatic rings. The van der Waals surface area contributed by atoms with Gasteiger partial charge < -0.3 is 5.11 Å². The molecule has 5 nitrogen and oxygen atoms in total. The average Bonchev–Trinajstić information content (AvgIpc) is 2.46. The molecule has 0 amide bonds. The van der Waals surface area contributed by atoms with Crippen molar-refractivity contribution < 1.29 is 9.90 Å². The third-order valence-corrected chi connectivity index (χ3v) is 1.66. The molecule has 0 saturated heterocycles. The van der Waals surface area contributed by atoms with Gasteiger partial charge in [0.05, 0.1) is 0 Å². The van der Waals surface area contributed by atoms with E-state index in [9.17, 15) is 4.79 Å². The molecule has 0 unspecified atom stereocenters. The fourth-order valence-corrected chi connectivity index (χ4v) is 1.07. The van der Waals surface area contributed by atoms with E-state index in [0.717, 1.165) is 5.46 Å². The lowest BCUT2D eigenvalue weighted by Crippen LogP contribution is -2.07. The highest BCUT2D eigenvalue weighted by Gasteiger charge is 2.08. The Morgan fingerprint density at radius 1 is 1.62 bits per heavy atom. The molecule has 0 spiro atoms. The Balaban J connectivity index is 2.68. The van der Waals surface area contributed by atoms with E-state index < -0.39 is 5.97 Å². The Morgan fingerprint density at radius 3 is 3.08 bits per heavy atom. The fraction of sp³-hybridized carbons (Fsp3) is 0. The van der Waals surface area contributed by atoms with Crippen molar-refractivity contribution in [2.75, 3.05) is 0 Å². The highest BCUT2D eigenvalue weighted by Crippen LogP contribution is 2.00.